The SMILES string of the molecule is CC(C)C(=O)NCCC[N+](C)(C)C.[Cl-]. The molecule has 14 heavy (non-hydrogen) atoms. The first kappa shape index (κ1) is 16.2. The lowest BCUT2D eigenvalue weighted by Crippen LogP contribution is -3.00. The van der Waals surface area contributed by atoms with Gasteiger partial charge >= 0.3 is 0 Å². The van der Waals surface area contributed by atoms with Crippen LogP contribution in [0.1, 0.15) is 20.3 Å². The van der Waals surface area contributed by atoms with Gasteiger partial charge in [-0.3, -0.25) is 4.79 Å². The molecule has 0 unspecified atom stereocenters. The monoisotopic (exact) mass is 222 g/mol. The second-order valence-electron chi connectivity index (χ2n) is 4.81. The molecule has 0 saturated carbocycles. The first-order valence-electron chi connectivity index (χ1n) is 4.91. The molecule has 4 heteroatoms. The van der Waals surface area contributed by atoms with E-state index in [0.717, 1.165) is 24.0 Å². The zero-order valence-electron chi connectivity index (χ0n) is 9.93. The maximum atomic E-state index is 11.2. The van der Waals surface area contributed by atoms with Crippen LogP contribution in [0.2, 0.25) is 0 Å². The van der Waals surface area contributed by atoms with Crippen molar-refractivity contribution in [3.8, 4) is 0 Å². The standard InChI is InChI=1S/C10H22N2O.ClH/c1-9(2)10(13)11-7-6-8-12(3,4)5;/h9H,6-8H2,1-5H3;1H. The predicted molar refractivity (Wildman–Crippen MR) is 55.4 cm³/mol. The van der Waals surface area contributed by atoms with Gasteiger partial charge in [-0.15, -0.1) is 0 Å². The zero-order valence-corrected chi connectivity index (χ0v) is 10.7. The Morgan fingerprint density at radius 2 is 1.79 bits per heavy atom. The number of carbonyl (C=O) groups is 1. The molecule has 0 fully saturated rings. The Kier molecular flexibility index (Phi) is 8.16. The van der Waals surface area contributed by atoms with Gasteiger partial charge in [-0.25, -0.2) is 0 Å². The van der Waals surface area contributed by atoms with Crippen molar-refractivity contribution in [2.24, 2.45) is 5.92 Å². The molecule has 0 atom stereocenters. The van der Waals surface area contributed by atoms with Gasteiger partial charge in [0.2, 0.25) is 5.91 Å². The van der Waals surface area contributed by atoms with Crippen LogP contribution in [0.4, 0.5) is 0 Å². The van der Waals surface area contributed by atoms with E-state index in [-0.39, 0.29) is 24.2 Å². The van der Waals surface area contributed by atoms with Crippen molar-refractivity contribution in [3.63, 3.8) is 0 Å². The van der Waals surface area contributed by atoms with Gasteiger partial charge in [0, 0.05) is 18.9 Å². The number of amides is 1. The van der Waals surface area contributed by atoms with Gasteiger partial charge < -0.3 is 22.2 Å². The van der Waals surface area contributed by atoms with Gasteiger partial charge in [-0.05, 0) is 0 Å². The number of nitrogens with one attached hydrogen (secondary N) is 1. The summed E-state index contributed by atoms with van der Waals surface area (Å²) in [7, 11) is 6.47. The first-order chi connectivity index (χ1) is 5.83. The predicted octanol–water partition coefficient (Wildman–Crippen LogP) is -2.14. The minimum absolute atomic E-state index is 0. The van der Waals surface area contributed by atoms with Gasteiger partial charge in [0.05, 0.1) is 27.7 Å². The Morgan fingerprint density at radius 3 is 2.14 bits per heavy atom. The highest BCUT2D eigenvalue weighted by molar-refractivity contribution is 5.77. The topological polar surface area (TPSA) is 29.1 Å². The van der Waals surface area contributed by atoms with E-state index in [9.17, 15) is 4.79 Å². The summed E-state index contributed by atoms with van der Waals surface area (Å²) < 4.78 is 0.956. The van der Waals surface area contributed by atoms with Crippen LogP contribution in [0.25, 0.3) is 0 Å². The average molecular weight is 223 g/mol. The lowest BCUT2D eigenvalue weighted by molar-refractivity contribution is -0.870. The number of halogens is 1. The molecule has 1 N–H and O–H groups in total. The number of hydrogen-bond acceptors (Lipinski definition) is 1. The van der Waals surface area contributed by atoms with Crippen LogP contribution >= 0.6 is 0 Å². The second kappa shape index (κ2) is 7.07. The average Bonchev–Trinajstić information content (AvgIpc) is 1.95. The number of rotatable bonds is 5. The summed E-state index contributed by atoms with van der Waals surface area (Å²) in [5.74, 6) is 0.255. The van der Waals surface area contributed by atoms with Crippen LogP contribution in [-0.2, 0) is 4.79 Å². The molecule has 0 aliphatic rings. The van der Waals surface area contributed by atoms with Crippen molar-refractivity contribution in [3.05, 3.63) is 0 Å². The van der Waals surface area contributed by atoms with Crippen LogP contribution in [0.3, 0.4) is 0 Å². The molecule has 0 spiro atoms. The van der Waals surface area contributed by atoms with E-state index in [1.54, 1.807) is 0 Å². The number of quaternary nitrogens is 1. The zero-order chi connectivity index (χ0) is 10.5. The Morgan fingerprint density at radius 1 is 1.29 bits per heavy atom. The molecule has 0 radical (unpaired) electrons. The van der Waals surface area contributed by atoms with Crippen molar-refractivity contribution in [1.82, 2.24) is 5.32 Å². The minimum atomic E-state index is 0. The maximum absolute atomic E-state index is 11.2. The maximum Gasteiger partial charge on any atom is 0.222 e. The third-order valence-corrected chi connectivity index (χ3v) is 1.83. The molecule has 0 aromatic heterocycles. The van der Waals surface area contributed by atoms with Gasteiger partial charge in [-0.2, -0.15) is 0 Å². The summed E-state index contributed by atoms with van der Waals surface area (Å²) in [5, 5.41) is 2.91. The molecular formula is C10H23ClN2O. The molecule has 0 aliphatic carbocycles. The highest BCUT2D eigenvalue weighted by Crippen LogP contribution is 1.94. The summed E-state index contributed by atoms with van der Waals surface area (Å²) in [6.07, 6.45) is 1.04. The second-order valence-corrected chi connectivity index (χ2v) is 4.81. The largest absolute Gasteiger partial charge is 1.00 e. The Hall–Kier alpha value is -0.280. The van der Waals surface area contributed by atoms with Crippen LogP contribution < -0.4 is 17.7 Å². The smallest absolute Gasteiger partial charge is 0.222 e. The molecule has 0 aromatic rings. The summed E-state index contributed by atoms with van der Waals surface area (Å²) >= 11 is 0. The normalized spacial score (nSPS) is 11.0. The van der Waals surface area contributed by atoms with E-state index in [4.69, 9.17) is 0 Å². The van der Waals surface area contributed by atoms with E-state index in [2.05, 4.69) is 26.5 Å². The summed E-state index contributed by atoms with van der Waals surface area (Å²) in [4.78, 5) is 11.2. The molecule has 0 aliphatic heterocycles. The van der Waals surface area contributed by atoms with E-state index in [1.165, 1.54) is 0 Å². The molecule has 86 valence electrons. The molecule has 0 bridgehead atoms. The fourth-order valence-electron chi connectivity index (χ4n) is 0.969. The van der Waals surface area contributed by atoms with Crippen LogP contribution in [0.5, 0.6) is 0 Å². The summed E-state index contributed by atoms with van der Waals surface area (Å²) in [6.45, 7) is 5.72. The summed E-state index contributed by atoms with van der Waals surface area (Å²) in [6, 6.07) is 0. The van der Waals surface area contributed by atoms with Crippen molar-refractivity contribution in [2.75, 3.05) is 34.2 Å². The molecular weight excluding hydrogens is 200 g/mol. The molecule has 0 saturated heterocycles. The van der Waals surface area contributed by atoms with Gasteiger partial charge in [0.1, 0.15) is 0 Å². The highest BCUT2D eigenvalue weighted by atomic mass is 35.5. The minimum Gasteiger partial charge on any atom is -1.00 e. The third kappa shape index (κ3) is 9.81. The fourth-order valence-corrected chi connectivity index (χ4v) is 0.969. The van der Waals surface area contributed by atoms with Gasteiger partial charge in [0.25, 0.3) is 0 Å². The lowest BCUT2D eigenvalue weighted by atomic mass is 10.2. The molecule has 3 nitrogen and oxygen atoms in total. The van der Waals surface area contributed by atoms with Gasteiger partial charge in [-0.1, -0.05) is 13.8 Å². The van der Waals surface area contributed by atoms with E-state index in [0.29, 0.717) is 0 Å². The van der Waals surface area contributed by atoms with Crippen LogP contribution in [0.15, 0.2) is 0 Å². The van der Waals surface area contributed by atoms with Crippen molar-refractivity contribution >= 4 is 5.91 Å². The molecule has 0 heterocycles. The molecule has 1 amide bonds. The van der Waals surface area contributed by atoms with Crippen LogP contribution in [-0.4, -0.2) is 44.6 Å². The quantitative estimate of drug-likeness (QED) is 0.418. The lowest BCUT2D eigenvalue weighted by Gasteiger charge is -2.23. The van der Waals surface area contributed by atoms with Crippen molar-refractivity contribution in [1.29, 1.82) is 0 Å². The van der Waals surface area contributed by atoms with Gasteiger partial charge in [0.15, 0.2) is 0 Å². The number of hydrogen-bond donors (Lipinski definition) is 1. The van der Waals surface area contributed by atoms with Crippen molar-refractivity contribution < 1.29 is 21.7 Å². The van der Waals surface area contributed by atoms with Crippen molar-refractivity contribution in [2.45, 2.75) is 20.3 Å². The highest BCUT2D eigenvalue weighted by Gasteiger charge is 2.08. The summed E-state index contributed by atoms with van der Waals surface area (Å²) in [5.41, 5.74) is 0. The third-order valence-electron chi connectivity index (χ3n) is 1.83. The van der Waals surface area contributed by atoms with E-state index >= 15 is 0 Å². The Bertz CT molecular complexity index is 164. The number of carbonyl (C=O) groups excluding carboxylic acids is 1. The Labute approximate surface area is 93.9 Å². The fraction of sp³-hybridized carbons (Fsp3) is 0.900. The van der Waals surface area contributed by atoms with E-state index < -0.39 is 0 Å². The van der Waals surface area contributed by atoms with E-state index in [1.807, 2.05) is 13.8 Å². The molecule has 0 aromatic carbocycles. The van der Waals surface area contributed by atoms with Crippen LogP contribution in [0, 0.1) is 5.92 Å². The molecule has 0 rings (SSSR count). The Balaban J connectivity index is 0. The number of nitrogens with zero attached hydrogens (tertiary/aromatic N) is 1. The first-order valence-corrected chi connectivity index (χ1v) is 4.91.